The summed E-state index contributed by atoms with van der Waals surface area (Å²) >= 11 is 0. The normalized spacial score (nSPS) is 11.6. The Bertz CT molecular complexity index is 3760. The number of carbonyl (C=O) groups excluding carboxylic acids is 2. The minimum absolute atomic E-state index is 0.265. The van der Waals surface area contributed by atoms with Crippen LogP contribution in [0.5, 0.6) is 69.0 Å². The molecular formula is C100H146O14. The molecule has 0 aliphatic carbocycles. The first-order valence-corrected chi connectivity index (χ1v) is 45.9. The SMILES string of the molecule is CCCCCOc1cc2c3cc(OCCCCC)c(OCCCCC)cc3c3cc(OC(=O)CCCCCCCCCCCCC(=O)Oc4cc5c6cc(OCCCCC)c(OCCCCC)cc6c6cc(OCCCCC)c(OCCCCC)cc6c5cc4OCCCCC)c(OCCCCC)cc3c2cc1OCCCCC. The van der Waals surface area contributed by atoms with Crippen molar-refractivity contribution in [2.75, 3.05) is 66.1 Å². The maximum absolute atomic E-state index is 14.1. The summed E-state index contributed by atoms with van der Waals surface area (Å²) in [7, 11) is 0. The van der Waals surface area contributed by atoms with Gasteiger partial charge in [0.1, 0.15) is 0 Å². The Morgan fingerprint density at radius 3 is 0.430 bits per heavy atom. The molecule has 0 N–H and O–H groups in total. The minimum atomic E-state index is -0.265. The predicted octanol–water partition coefficient (Wildman–Crippen LogP) is 29.5. The molecule has 8 aromatic rings. The van der Waals surface area contributed by atoms with Crippen molar-refractivity contribution in [2.24, 2.45) is 0 Å². The molecule has 0 radical (unpaired) electrons. The van der Waals surface area contributed by atoms with Crippen LogP contribution < -0.4 is 56.8 Å². The Hall–Kier alpha value is -7.74. The number of ether oxygens (including phenoxy) is 12. The number of benzene rings is 8. The zero-order valence-corrected chi connectivity index (χ0v) is 72.4. The van der Waals surface area contributed by atoms with Crippen molar-refractivity contribution >= 4 is 76.6 Å². The lowest BCUT2D eigenvalue weighted by molar-refractivity contribution is -0.135. The highest BCUT2D eigenvalue weighted by atomic mass is 16.6. The highest BCUT2D eigenvalue weighted by Gasteiger charge is 2.25. The third kappa shape index (κ3) is 29.2. The van der Waals surface area contributed by atoms with Gasteiger partial charge in [-0.05, 0) is 214 Å². The van der Waals surface area contributed by atoms with E-state index in [4.69, 9.17) is 56.8 Å². The van der Waals surface area contributed by atoms with Gasteiger partial charge in [-0.1, -0.05) is 249 Å². The number of hydrogen-bond acceptors (Lipinski definition) is 14. The summed E-state index contributed by atoms with van der Waals surface area (Å²) in [6.45, 7) is 27.8. The summed E-state index contributed by atoms with van der Waals surface area (Å²) in [6, 6.07) is 25.4. The van der Waals surface area contributed by atoms with Gasteiger partial charge in [0.25, 0.3) is 0 Å². The van der Waals surface area contributed by atoms with Crippen molar-refractivity contribution in [3.63, 3.8) is 0 Å². The van der Waals surface area contributed by atoms with Gasteiger partial charge in [-0.15, -0.1) is 0 Å². The smallest absolute Gasteiger partial charge is 0.311 e. The number of fused-ring (bicyclic) bond motifs is 12. The second-order valence-corrected chi connectivity index (χ2v) is 31.6. The Labute approximate surface area is 686 Å². The monoisotopic (exact) mass is 1570 g/mol. The lowest BCUT2D eigenvalue weighted by atomic mass is 9.93. The molecule has 0 saturated carbocycles. The minimum Gasteiger partial charge on any atom is -0.490 e. The lowest BCUT2D eigenvalue weighted by Crippen LogP contribution is -2.09. The summed E-state index contributed by atoms with van der Waals surface area (Å²) in [5, 5.41) is 11.8. The first-order chi connectivity index (χ1) is 56.1. The maximum atomic E-state index is 14.1. The summed E-state index contributed by atoms with van der Waals surface area (Å²) in [6.07, 6.45) is 41.5. The molecule has 0 saturated heterocycles. The molecule has 0 aliphatic rings. The van der Waals surface area contributed by atoms with Crippen molar-refractivity contribution in [1.82, 2.24) is 0 Å². The Kier molecular flexibility index (Phi) is 43.1. The predicted molar refractivity (Wildman–Crippen MR) is 475 cm³/mol. The van der Waals surface area contributed by atoms with Gasteiger partial charge in [0.05, 0.1) is 66.1 Å². The molecule has 0 amide bonds. The number of rotatable bonds is 65. The van der Waals surface area contributed by atoms with Crippen LogP contribution in [0.15, 0.2) is 72.8 Å². The van der Waals surface area contributed by atoms with E-state index in [9.17, 15) is 9.59 Å². The quantitative estimate of drug-likeness (QED) is 0.0154. The zero-order chi connectivity index (χ0) is 80.8. The van der Waals surface area contributed by atoms with E-state index < -0.39 is 0 Å². The van der Waals surface area contributed by atoms with Crippen LogP contribution in [0.2, 0.25) is 0 Å². The molecule has 0 unspecified atom stereocenters. The lowest BCUT2D eigenvalue weighted by Gasteiger charge is -2.20. The van der Waals surface area contributed by atoms with E-state index in [0.717, 1.165) is 356 Å². The van der Waals surface area contributed by atoms with Crippen molar-refractivity contribution in [3.05, 3.63) is 72.8 Å². The van der Waals surface area contributed by atoms with E-state index in [-0.39, 0.29) is 11.9 Å². The van der Waals surface area contributed by atoms with Crippen LogP contribution in [-0.2, 0) is 9.59 Å². The van der Waals surface area contributed by atoms with Gasteiger partial charge in [0.15, 0.2) is 69.0 Å². The standard InChI is InChI=1S/C100H146O14/c1-11-21-41-53-103-87-63-75-77-65-89(105-55-43-23-13-3)93(109-59-47-27-17-7)69-81(77)85-73-97(95(111-61-49-29-19-9)71-83(85)79(75)67-91(87)107-57-45-25-15-5)113-99(101)51-39-37-35-33-31-32-34-36-38-40-52-100(102)114-98-74-86-82-70-94(110-60-48-28-18-8)90(106-56-44-24-14-4)66-78(82)76-64-88(104-54-42-22-12-2)92(108-58-46-26-16-6)68-80(76)84(86)72-96(98)112-62-50-30-20-10/h63-74H,11-62H2,1-10H3. The highest BCUT2D eigenvalue weighted by molar-refractivity contribution is 6.28. The average molecular weight is 1570 g/mol. The first kappa shape index (κ1) is 91.8. The van der Waals surface area contributed by atoms with Crippen LogP contribution in [0.4, 0.5) is 0 Å². The topological polar surface area (TPSA) is 145 Å². The highest BCUT2D eigenvalue weighted by Crippen LogP contribution is 2.50. The van der Waals surface area contributed by atoms with Gasteiger partial charge < -0.3 is 56.8 Å². The van der Waals surface area contributed by atoms with Crippen molar-refractivity contribution < 1.29 is 66.4 Å². The van der Waals surface area contributed by atoms with Gasteiger partial charge in [-0.2, -0.15) is 0 Å². The molecule has 0 atom stereocenters. The van der Waals surface area contributed by atoms with Gasteiger partial charge in [0, 0.05) is 12.8 Å². The van der Waals surface area contributed by atoms with Crippen LogP contribution in [0.25, 0.3) is 64.6 Å². The van der Waals surface area contributed by atoms with Crippen molar-refractivity contribution in [1.29, 1.82) is 0 Å². The molecule has 8 aromatic carbocycles. The molecule has 14 heteroatoms. The number of carbonyl (C=O) groups is 2. The molecular weight excluding hydrogens is 1430 g/mol. The van der Waals surface area contributed by atoms with Crippen LogP contribution in [0.3, 0.4) is 0 Å². The number of esters is 2. The van der Waals surface area contributed by atoms with E-state index in [1.807, 2.05) is 12.1 Å². The van der Waals surface area contributed by atoms with E-state index >= 15 is 0 Å². The largest absolute Gasteiger partial charge is 0.490 e. The second kappa shape index (κ2) is 53.5. The first-order valence-electron chi connectivity index (χ1n) is 45.9. The molecule has 0 bridgehead atoms. The fourth-order valence-electron chi connectivity index (χ4n) is 15.0. The van der Waals surface area contributed by atoms with Crippen LogP contribution in [-0.4, -0.2) is 78.0 Å². The Morgan fingerprint density at radius 2 is 0.289 bits per heavy atom. The summed E-state index contributed by atoms with van der Waals surface area (Å²) in [4.78, 5) is 28.2. The fraction of sp³-hybridized carbons (Fsp3) is 0.620. The molecule has 0 fully saturated rings. The van der Waals surface area contributed by atoms with Crippen molar-refractivity contribution in [3.8, 4) is 69.0 Å². The molecule has 14 nitrogen and oxygen atoms in total. The molecule has 0 spiro atoms. The van der Waals surface area contributed by atoms with Crippen LogP contribution >= 0.6 is 0 Å². The van der Waals surface area contributed by atoms with Gasteiger partial charge in [0.2, 0.25) is 0 Å². The molecule has 114 heavy (non-hydrogen) atoms. The summed E-state index contributed by atoms with van der Waals surface area (Å²) in [5.41, 5.74) is 0. The van der Waals surface area contributed by atoms with Gasteiger partial charge >= 0.3 is 11.9 Å². The molecule has 630 valence electrons. The Morgan fingerprint density at radius 1 is 0.167 bits per heavy atom. The average Bonchev–Trinajstić information content (AvgIpc) is 0.732. The molecule has 0 aliphatic heterocycles. The summed E-state index contributed by atoms with van der Waals surface area (Å²) < 4.78 is 79.3. The second-order valence-electron chi connectivity index (χ2n) is 31.6. The summed E-state index contributed by atoms with van der Waals surface area (Å²) in [5.74, 6) is 7.24. The molecule has 8 rings (SSSR count). The van der Waals surface area contributed by atoms with E-state index in [1.165, 1.54) is 0 Å². The van der Waals surface area contributed by atoms with Crippen LogP contribution in [0.1, 0.15) is 339 Å². The maximum Gasteiger partial charge on any atom is 0.311 e. The van der Waals surface area contributed by atoms with E-state index in [1.54, 1.807) is 0 Å². The van der Waals surface area contributed by atoms with Crippen molar-refractivity contribution in [2.45, 2.75) is 339 Å². The van der Waals surface area contributed by atoms with Crippen LogP contribution in [0, 0.1) is 0 Å². The van der Waals surface area contributed by atoms with Gasteiger partial charge in [-0.25, -0.2) is 0 Å². The van der Waals surface area contributed by atoms with E-state index in [0.29, 0.717) is 113 Å². The number of hydrogen-bond donors (Lipinski definition) is 0. The molecule has 0 heterocycles. The zero-order valence-electron chi connectivity index (χ0n) is 72.4. The molecule has 0 aromatic heterocycles. The Balaban J connectivity index is 0.942. The number of unbranched alkanes of at least 4 members (excludes halogenated alkanes) is 29. The van der Waals surface area contributed by atoms with Gasteiger partial charge in [-0.3, -0.25) is 9.59 Å². The fourth-order valence-corrected chi connectivity index (χ4v) is 15.0. The third-order valence-electron chi connectivity index (χ3n) is 21.8. The third-order valence-corrected chi connectivity index (χ3v) is 21.8. The van der Waals surface area contributed by atoms with E-state index in [2.05, 4.69) is 130 Å².